The molecule has 10 heteroatoms. The van der Waals surface area contributed by atoms with E-state index >= 15 is 0 Å². The molecule has 2 heterocycles. The van der Waals surface area contributed by atoms with Gasteiger partial charge in [-0.05, 0) is 38.1 Å². The van der Waals surface area contributed by atoms with Crippen molar-refractivity contribution >= 4 is 35.6 Å². The molecule has 0 bridgehead atoms. The van der Waals surface area contributed by atoms with Gasteiger partial charge in [0.1, 0.15) is 5.82 Å². The zero-order valence-corrected chi connectivity index (χ0v) is 19.6. The maximum Gasteiger partial charge on any atom is 0.216 e. The number of aliphatic imine (C=N–C) groups is 1. The highest BCUT2D eigenvalue weighted by Crippen LogP contribution is 2.30. The second-order valence-corrected chi connectivity index (χ2v) is 6.02. The molecule has 3 rings (SSSR count). The van der Waals surface area contributed by atoms with Gasteiger partial charge < -0.3 is 24.5 Å². The van der Waals surface area contributed by atoms with Crippen LogP contribution in [0.1, 0.15) is 19.7 Å². The van der Waals surface area contributed by atoms with Gasteiger partial charge in [0.25, 0.3) is 0 Å². The molecule has 0 aliphatic rings. The summed E-state index contributed by atoms with van der Waals surface area (Å²) >= 11 is 0. The Hall–Kier alpha value is -2.76. The van der Waals surface area contributed by atoms with Crippen LogP contribution in [0.5, 0.6) is 11.5 Å². The van der Waals surface area contributed by atoms with Crippen LogP contribution >= 0.6 is 24.0 Å². The van der Waals surface area contributed by atoms with E-state index in [1.54, 1.807) is 19.4 Å². The van der Waals surface area contributed by atoms with Crippen molar-refractivity contribution in [3.63, 3.8) is 0 Å². The molecule has 2 aromatic heterocycles. The molecule has 0 fully saturated rings. The maximum absolute atomic E-state index is 5.63. The van der Waals surface area contributed by atoms with E-state index in [1.807, 2.05) is 38.1 Å². The molecular weight excluding hydrogens is 499 g/mol. The standard InChI is InChI=1S/C20H26N6O3.HI/c1-4-21-20(23-14-8-9-15(27-3)17(13-14)28-5-2)22-11-10-18-24-19(26-25-18)16-7-6-12-29-16;/h6-9,12-13H,4-5,10-11H2,1-3H3,(H2,21,22,23)(H,24,25,26);1H. The summed E-state index contributed by atoms with van der Waals surface area (Å²) in [7, 11) is 1.62. The Morgan fingerprint density at radius 3 is 2.80 bits per heavy atom. The van der Waals surface area contributed by atoms with Gasteiger partial charge in [0, 0.05) is 31.3 Å². The molecule has 0 saturated carbocycles. The van der Waals surface area contributed by atoms with Crippen LogP contribution in [0.2, 0.25) is 0 Å². The first-order chi connectivity index (χ1) is 14.2. The summed E-state index contributed by atoms with van der Waals surface area (Å²) in [5.74, 6) is 3.97. The first-order valence-corrected chi connectivity index (χ1v) is 9.54. The number of H-pyrrole nitrogens is 1. The zero-order chi connectivity index (χ0) is 20.5. The fourth-order valence-electron chi connectivity index (χ4n) is 2.66. The molecule has 162 valence electrons. The minimum absolute atomic E-state index is 0. The van der Waals surface area contributed by atoms with Crippen LogP contribution < -0.4 is 20.1 Å². The number of rotatable bonds is 9. The highest BCUT2D eigenvalue weighted by atomic mass is 127. The first-order valence-electron chi connectivity index (χ1n) is 9.54. The van der Waals surface area contributed by atoms with Gasteiger partial charge in [-0.2, -0.15) is 5.10 Å². The number of furan rings is 1. The van der Waals surface area contributed by atoms with Crippen LogP contribution in [-0.2, 0) is 6.42 Å². The van der Waals surface area contributed by atoms with Crippen LogP contribution in [0.4, 0.5) is 5.69 Å². The Morgan fingerprint density at radius 1 is 1.23 bits per heavy atom. The maximum atomic E-state index is 5.63. The van der Waals surface area contributed by atoms with Crippen LogP contribution in [0.25, 0.3) is 11.6 Å². The number of ether oxygens (including phenoxy) is 2. The van der Waals surface area contributed by atoms with Crippen LogP contribution in [0, 0.1) is 0 Å². The Morgan fingerprint density at radius 2 is 2.10 bits per heavy atom. The second-order valence-electron chi connectivity index (χ2n) is 6.02. The number of benzene rings is 1. The molecule has 3 N–H and O–H groups in total. The lowest BCUT2D eigenvalue weighted by atomic mass is 10.2. The third kappa shape index (κ3) is 6.37. The molecule has 0 unspecified atom stereocenters. The number of aromatic amines is 1. The van der Waals surface area contributed by atoms with Crippen LogP contribution in [-0.4, -0.2) is 47.9 Å². The summed E-state index contributed by atoms with van der Waals surface area (Å²) < 4.78 is 16.3. The van der Waals surface area contributed by atoms with Gasteiger partial charge >= 0.3 is 0 Å². The van der Waals surface area contributed by atoms with Crippen LogP contribution in [0.15, 0.2) is 46.0 Å². The molecule has 0 atom stereocenters. The molecule has 0 amide bonds. The van der Waals surface area contributed by atoms with E-state index in [0.29, 0.717) is 48.6 Å². The minimum atomic E-state index is 0. The predicted octanol–water partition coefficient (Wildman–Crippen LogP) is 3.71. The summed E-state index contributed by atoms with van der Waals surface area (Å²) in [6.45, 7) is 5.79. The van der Waals surface area contributed by atoms with E-state index in [2.05, 4.69) is 30.8 Å². The SMILES string of the molecule is CCNC(=NCCc1nc(-c2ccco2)n[nH]1)Nc1ccc(OC)c(OCC)c1.I. The molecule has 1 aromatic carbocycles. The molecule has 9 nitrogen and oxygen atoms in total. The molecule has 0 spiro atoms. The van der Waals surface area contributed by atoms with Gasteiger partial charge in [-0.25, -0.2) is 4.98 Å². The van der Waals surface area contributed by atoms with Gasteiger partial charge in [-0.15, -0.1) is 24.0 Å². The van der Waals surface area contributed by atoms with Crippen molar-refractivity contribution in [2.75, 3.05) is 32.1 Å². The van der Waals surface area contributed by atoms with Gasteiger partial charge in [-0.1, -0.05) is 0 Å². The number of anilines is 1. The van der Waals surface area contributed by atoms with Crippen molar-refractivity contribution in [3.8, 4) is 23.1 Å². The highest BCUT2D eigenvalue weighted by molar-refractivity contribution is 14.0. The average molecular weight is 526 g/mol. The summed E-state index contributed by atoms with van der Waals surface area (Å²) in [4.78, 5) is 9.04. The first kappa shape index (κ1) is 23.5. The Bertz CT molecular complexity index is 927. The average Bonchev–Trinajstić information content (AvgIpc) is 3.40. The molecule has 0 saturated heterocycles. The number of nitrogens with zero attached hydrogens (tertiary/aromatic N) is 3. The number of methoxy groups -OCH3 is 1. The third-order valence-corrected chi connectivity index (χ3v) is 3.96. The number of halogens is 1. The Balaban J connectivity index is 0.00000320. The molecular formula is C20H27IN6O3. The minimum Gasteiger partial charge on any atom is -0.493 e. The largest absolute Gasteiger partial charge is 0.493 e. The van der Waals surface area contributed by atoms with Gasteiger partial charge in [0.15, 0.2) is 23.2 Å². The number of nitrogens with one attached hydrogen (secondary N) is 3. The number of aromatic nitrogens is 3. The van der Waals surface area contributed by atoms with Crippen molar-refractivity contribution in [2.45, 2.75) is 20.3 Å². The number of hydrogen-bond acceptors (Lipinski definition) is 6. The normalized spacial score (nSPS) is 11.0. The van der Waals surface area contributed by atoms with E-state index in [-0.39, 0.29) is 24.0 Å². The van der Waals surface area contributed by atoms with E-state index in [1.165, 1.54) is 0 Å². The van der Waals surface area contributed by atoms with Crippen molar-refractivity contribution < 1.29 is 13.9 Å². The smallest absolute Gasteiger partial charge is 0.216 e. The molecule has 30 heavy (non-hydrogen) atoms. The lowest BCUT2D eigenvalue weighted by Crippen LogP contribution is -2.31. The van der Waals surface area contributed by atoms with E-state index in [0.717, 1.165) is 18.1 Å². The Labute approximate surface area is 192 Å². The molecule has 0 radical (unpaired) electrons. The summed E-state index contributed by atoms with van der Waals surface area (Å²) in [5, 5.41) is 13.6. The van der Waals surface area contributed by atoms with E-state index < -0.39 is 0 Å². The fourth-order valence-corrected chi connectivity index (χ4v) is 2.66. The van der Waals surface area contributed by atoms with Crippen molar-refractivity contribution in [1.82, 2.24) is 20.5 Å². The summed E-state index contributed by atoms with van der Waals surface area (Å²) in [6.07, 6.45) is 2.22. The van der Waals surface area contributed by atoms with Gasteiger partial charge in [-0.3, -0.25) is 10.1 Å². The summed E-state index contributed by atoms with van der Waals surface area (Å²) in [6, 6.07) is 9.30. The highest BCUT2D eigenvalue weighted by Gasteiger charge is 2.09. The Kier molecular flexibility index (Phi) is 9.45. The van der Waals surface area contributed by atoms with E-state index in [4.69, 9.17) is 13.9 Å². The number of hydrogen-bond donors (Lipinski definition) is 3. The molecule has 0 aliphatic carbocycles. The van der Waals surface area contributed by atoms with E-state index in [9.17, 15) is 0 Å². The quantitative estimate of drug-likeness (QED) is 0.222. The lowest BCUT2D eigenvalue weighted by Gasteiger charge is -2.14. The van der Waals surface area contributed by atoms with Crippen molar-refractivity contribution in [1.29, 1.82) is 0 Å². The number of guanidine groups is 1. The topological polar surface area (TPSA) is 110 Å². The molecule has 3 aromatic rings. The predicted molar refractivity (Wildman–Crippen MR) is 127 cm³/mol. The lowest BCUT2D eigenvalue weighted by molar-refractivity contribution is 0.311. The van der Waals surface area contributed by atoms with Crippen LogP contribution in [0.3, 0.4) is 0 Å². The third-order valence-electron chi connectivity index (χ3n) is 3.96. The van der Waals surface area contributed by atoms with Crippen molar-refractivity contribution in [3.05, 3.63) is 42.4 Å². The monoisotopic (exact) mass is 526 g/mol. The van der Waals surface area contributed by atoms with Crippen molar-refractivity contribution in [2.24, 2.45) is 4.99 Å². The second kappa shape index (κ2) is 12.1. The van der Waals surface area contributed by atoms with Gasteiger partial charge in [0.05, 0.1) is 20.0 Å². The van der Waals surface area contributed by atoms with Gasteiger partial charge in [0.2, 0.25) is 5.82 Å². The zero-order valence-electron chi connectivity index (χ0n) is 17.3. The fraction of sp³-hybridized carbons (Fsp3) is 0.350. The summed E-state index contributed by atoms with van der Waals surface area (Å²) in [5.41, 5.74) is 0.855. The molecule has 0 aliphatic heterocycles.